The van der Waals surface area contributed by atoms with E-state index in [0.29, 0.717) is 0 Å². The van der Waals surface area contributed by atoms with E-state index in [1.54, 1.807) is 0 Å². The molecule has 52 valence electrons. The van der Waals surface area contributed by atoms with E-state index < -0.39 is 0 Å². The monoisotopic (exact) mass is 126 g/mol. The molecule has 0 bridgehead atoms. The van der Waals surface area contributed by atoms with Crippen molar-refractivity contribution < 1.29 is 0 Å². The Balaban J connectivity index is 3.82. The third-order valence-electron chi connectivity index (χ3n) is 1.20. The van der Waals surface area contributed by atoms with Gasteiger partial charge in [0.2, 0.25) is 0 Å². The second-order valence-electron chi connectivity index (χ2n) is 2.14. The van der Waals surface area contributed by atoms with E-state index in [1.165, 1.54) is 0 Å². The zero-order valence-electron chi connectivity index (χ0n) is 6.39. The van der Waals surface area contributed by atoms with E-state index in [4.69, 9.17) is 0 Å². The van der Waals surface area contributed by atoms with Crippen LogP contribution < -0.4 is 0 Å². The molecule has 0 radical (unpaired) electrons. The van der Waals surface area contributed by atoms with Crippen LogP contribution >= 0.6 is 0 Å². The predicted molar refractivity (Wildman–Crippen MR) is 40.8 cm³/mol. The molecule has 1 atom stereocenters. The van der Waals surface area contributed by atoms with Crippen LogP contribution in [0.3, 0.4) is 0 Å². The van der Waals surface area contributed by atoms with Crippen molar-refractivity contribution in [1.29, 1.82) is 0 Å². The molecule has 0 amide bonds. The Morgan fingerprint density at radius 3 is 2.33 bits per heavy atom. The van der Waals surface area contributed by atoms with Crippen molar-refractivity contribution >= 4 is 5.87 Å². The first kappa shape index (κ1) is 8.41. The van der Waals surface area contributed by atoms with Gasteiger partial charge >= 0.3 is 0 Å². The summed E-state index contributed by atoms with van der Waals surface area (Å²) in [5.41, 5.74) is 0. The summed E-state index contributed by atoms with van der Waals surface area (Å²) in [5.74, 6) is 2.53. The van der Waals surface area contributed by atoms with E-state index >= 15 is 0 Å². The third kappa shape index (κ3) is 3.07. The molecular formula is C7H14N2. The molecular weight excluding hydrogens is 112 g/mol. The Labute approximate surface area is 56.9 Å². The van der Waals surface area contributed by atoms with Crippen molar-refractivity contribution in [2.45, 2.75) is 19.5 Å². The summed E-state index contributed by atoms with van der Waals surface area (Å²) in [5, 5.41) is 0. The minimum atomic E-state index is 0.252. The lowest BCUT2D eigenvalue weighted by Gasteiger charge is -2.16. The van der Waals surface area contributed by atoms with Gasteiger partial charge in [-0.15, -0.1) is 0 Å². The standard InChI is InChI=1S/C7H14N2/c1-5-7(8-6-2)9(3)4/h7H,2,5H2,1,3-4H3. The maximum Gasteiger partial charge on any atom is 0.111 e. The lowest BCUT2D eigenvalue weighted by molar-refractivity contribution is 0.297. The van der Waals surface area contributed by atoms with E-state index in [-0.39, 0.29) is 6.17 Å². The molecule has 0 aromatic carbocycles. The minimum absolute atomic E-state index is 0.252. The van der Waals surface area contributed by atoms with Gasteiger partial charge in [-0.2, -0.15) is 0 Å². The van der Waals surface area contributed by atoms with Gasteiger partial charge in [-0.25, -0.2) is 4.99 Å². The first-order valence-electron chi connectivity index (χ1n) is 3.10. The summed E-state index contributed by atoms with van der Waals surface area (Å²) in [7, 11) is 3.99. The van der Waals surface area contributed by atoms with Crippen molar-refractivity contribution in [2.24, 2.45) is 4.99 Å². The van der Waals surface area contributed by atoms with E-state index in [9.17, 15) is 0 Å². The molecule has 0 saturated heterocycles. The highest BCUT2D eigenvalue weighted by atomic mass is 15.2. The van der Waals surface area contributed by atoms with Crippen LogP contribution in [0.15, 0.2) is 11.6 Å². The maximum atomic E-state index is 4.01. The molecule has 0 aliphatic heterocycles. The van der Waals surface area contributed by atoms with Gasteiger partial charge in [-0.1, -0.05) is 6.92 Å². The molecule has 0 N–H and O–H groups in total. The van der Waals surface area contributed by atoms with Crippen LogP contribution in [0.25, 0.3) is 0 Å². The summed E-state index contributed by atoms with van der Waals surface area (Å²) in [6.45, 7) is 5.50. The molecule has 0 aromatic heterocycles. The summed E-state index contributed by atoms with van der Waals surface area (Å²) < 4.78 is 0. The summed E-state index contributed by atoms with van der Waals surface area (Å²) in [4.78, 5) is 6.05. The molecule has 0 heterocycles. The fourth-order valence-electron chi connectivity index (χ4n) is 0.677. The fraction of sp³-hybridized carbons (Fsp3) is 0.714. The smallest absolute Gasteiger partial charge is 0.111 e. The normalized spacial score (nSPS) is 12.9. The molecule has 0 aromatic rings. The summed E-state index contributed by atoms with van der Waals surface area (Å²) in [6, 6.07) is 0. The van der Waals surface area contributed by atoms with Gasteiger partial charge in [0, 0.05) is 0 Å². The van der Waals surface area contributed by atoms with Gasteiger partial charge in [-0.3, -0.25) is 4.90 Å². The lowest BCUT2D eigenvalue weighted by Crippen LogP contribution is -2.24. The Morgan fingerprint density at radius 1 is 1.67 bits per heavy atom. The molecule has 2 heteroatoms. The quantitative estimate of drug-likeness (QED) is 0.518. The molecule has 0 rings (SSSR count). The van der Waals surface area contributed by atoms with E-state index in [2.05, 4.69) is 24.4 Å². The highest BCUT2D eigenvalue weighted by molar-refractivity contribution is 5.46. The highest BCUT2D eigenvalue weighted by Gasteiger charge is 2.02. The second-order valence-corrected chi connectivity index (χ2v) is 2.14. The number of nitrogens with zero attached hydrogens (tertiary/aromatic N) is 2. The number of hydrogen-bond acceptors (Lipinski definition) is 2. The first-order chi connectivity index (χ1) is 4.22. The third-order valence-corrected chi connectivity index (χ3v) is 1.20. The van der Waals surface area contributed by atoms with Crippen LogP contribution in [0, 0.1) is 0 Å². The summed E-state index contributed by atoms with van der Waals surface area (Å²) in [6.07, 6.45) is 1.26. The number of aliphatic imine (C=N–C) groups is 1. The predicted octanol–water partition coefficient (Wildman–Crippen LogP) is 1.14. The molecule has 2 nitrogen and oxygen atoms in total. The van der Waals surface area contributed by atoms with Crippen LogP contribution in [0.2, 0.25) is 0 Å². The lowest BCUT2D eigenvalue weighted by atomic mass is 10.4. The SMILES string of the molecule is C=C=NC(CC)N(C)C. The van der Waals surface area contributed by atoms with Crippen LogP contribution in [0.1, 0.15) is 13.3 Å². The Morgan fingerprint density at radius 2 is 2.22 bits per heavy atom. The van der Waals surface area contributed by atoms with E-state index in [1.807, 2.05) is 19.0 Å². The average molecular weight is 126 g/mol. The number of hydrogen-bond donors (Lipinski definition) is 0. The average Bonchev–Trinajstić information content (AvgIpc) is 1.82. The van der Waals surface area contributed by atoms with Gasteiger partial charge in [0.1, 0.15) is 6.17 Å². The molecule has 9 heavy (non-hydrogen) atoms. The molecule has 0 fully saturated rings. The largest absolute Gasteiger partial charge is 0.287 e. The molecule has 0 aliphatic rings. The van der Waals surface area contributed by atoms with E-state index in [0.717, 1.165) is 6.42 Å². The van der Waals surface area contributed by atoms with Gasteiger partial charge in [-0.05, 0) is 33.0 Å². The zero-order chi connectivity index (χ0) is 7.28. The fourth-order valence-corrected chi connectivity index (χ4v) is 0.677. The van der Waals surface area contributed by atoms with Crippen molar-refractivity contribution in [3.8, 4) is 0 Å². The Bertz CT molecular complexity index is 112. The van der Waals surface area contributed by atoms with Gasteiger partial charge < -0.3 is 0 Å². The van der Waals surface area contributed by atoms with Crippen LogP contribution in [0.4, 0.5) is 0 Å². The second kappa shape index (κ2) is 4.30. The van der Waals surface area contributed by atoms with Crippen LogP contribution in [-0.4, -0.2) is 31.0 Å². The van der Waals surface area contributed by atoms with Gasteiger partial charge in [0.05, 0.1) is 0 Å². The molecule has 0 saturated carbocycles. The Kier molecular flexibility index (Phi) is 4.02. The maximum absolute atomic E-state index is 4.01. The molecule has 1 unspecified atom stereocenters. The highest BCUT2D eigenvalue weighted by Crippen LogP contribution is 1.97. The van der Waals surface area contributed by atoms with Crippen molar-refractivity contribution in [1.82, 2.24) is 4.90 Å². The van der Waals surface area contributed by atoms with Crippen LogP contribution in [0.5, 0.6) is 0 Å². The van der Waals surface area contributed by atoms with Gasteiger partial charge in [0.25, 0.3) is 0 Å². The van der Waals surface area contributed by atoms with Crippen molar-refractivity contribution in [3.05, 3.63) is 6.58 Å². The van der Waals surface area contributed by atoms with Crippen molar-refractivity contribution in [3.63, 3.8) is 0 Å². The topological polar surface area (TPSA) is 15.6 Å². The first-order valence-corrected chi connectivity index (χ1v) is 3.10. The minimum Gasteiger partial charge on any atom is -0.287 e. The van der Waals surface area contributed by atoms with Crippen LogP contribution in [-0.2, 0) is 0 Å². The molecule has 0 spiro atoms. The van der Waals surface area contributed by atoms with Crippen molar-refractivity contribution in [2.75, 3.05) is 14.1 Å². The summed E-state index contributed by atoms with van der Waals surface area (Å²) >= 11 is 0. The Hall–Kier alpha value is -0.590. The molecule has 0 aliphatic carbocycles. The number of rotatable bonds is 3. The van der Waals surface area contributed by atoms with Gasteiger partial charge in [0.15, 0.2) is 0 Å². The zero-order valence-corrected chi connectivity index (χ0v) is 6.39.